The zero-order valence-electron chi connectivity index (χ0n) is 9.61. The molecule has 0 atom stereocenters. The molecule has 1 heterocycles. The van der Waals surface area contributed by atoms with Crippen molar-refractivity contribution >= 4 is 17.7 Å². The first-order valence-corrected chi connectivity index (χ1v) is 6.00. The number of ether oxygens (including phenoxy) is 1. The van der Waals surface area contributed by atoms with Gasteiger partial charge in [-0.2, -0.15) is 0 Å². The zero-order valence-corrected chi connectivity index (χ0v) is 10.4. The van der Waals surface area contributed by atoms with Crippen molar-refractivity contribution in [1.29, 1.82) is 0 Å². The molecule has 0 bridgehead atoms. The molecule has 1 aromatic rings. The Balaban J connectivity index is 2.29. The summed E-state index contributed by atoms with van der Waals surface area (Å²) in [4.78, 5) is 13.5. The molecule has 1 aliphatic heterocycles. The second kappa shape index (κ2) is 3.98. The van der Waals surface area contributed by atoms with Gasteiger partial charge in [0.05, 0.1) is 0 Å². The first-order valence-electron chi connectivity index (χ1n) is 5.18. The number of hydrogen-bond donors (Lipinski definition) is 0. The van der Waals surface area contributed by atoms with Gasteiger partial charge in [0, 0.05) is 4.90 Å². The van der Waals surface area contributed by atoms with Crippen molar-refractivity contribution in [2.24, 2.45) is 0 Å². The standard InChI is InChI=1S/C13H14O2S/c1-9-11(12(14)15-13(9,2)3)16-10-7-5-4-6-8-10/h4-8H,1-3H3. The van der Waals surface area contributed by atoms with Gasteiger partial charge < -0.3 is 4.74 Å². The monoisotopic (exact) mass is 234 g/mol. The summed E-state index contributed by atoms with van der Waals surface area (Å²) in [5, 5.41) is 0. The molecular weight excluding hydrogens is 220 g/mol. The Kier molecular flexibility index (Phi) is 2.80. The van der Waals surface area contributed by atoms with E-state index in [-0.39, 0.29) is 5.97 Å². The van der Waals surface area contributed by atoms with Crippen LogP contribution >= 0.6 is 11.8 Å². The topological polar surface area (TPSA) is 26.3 Å². The lowest BCUT2D eigenvalue weighted by molar-refractivity contribution is -0.143. The normalized spacial score (nSPS) is 18.8. The maximum Gasteiger partial charge on any atom is 0.345 e. The van der Waals surface area contributed by atoms with Gasteiger partial charge in [-0.15, -0.1) is 0 Å². The van der Waals surface area contributed by atoms with Crippen LogP contribution in [0.25, 0.3) is 0 Å². The average molecular weight is 234 g/mol. The van der Waals surface area contributed by atoms with E-state index >= 15 is 0 Å². The van der Waals surface area contributed by atoms with Crippen LogP contribution < -0.4 is 0 Å². The molecule has 0 spiro atoms. The van der Waals surface area contributed by atoms with E-state index in [1.165, 1.54) is 11.8 Å². The summed E-state index contributed by atoms with van der Waals surface area (Å²) in [6.45, 7) is 5.79. The number of esters is 1. The van der Waals surface area contributed by atoms with Crippen molar-refractivity contribution in [3.8, 4) is 0 Å². The fraction of sp³-hybridized carbons (Fsp3) is 0.308. The Bertz CT molecular complexity index is 446. The number of thioether (sulfide) groups is 1. The van der Waals surface area contributed by atoms with Crippen LogP contribution in [0.3, 0.4) is 0 Å². The molecule has 0 fully saturated rings. The smallest absolute Gasteiger partial charge is 0.345 e. The quantitative estimate of drug-likeness (QED) is 0.734. The maximum absolute atomic E-state index is 11.7. The summed E-state index contributed by atoms with van der Waals surface area (Å²) in [6.07, 6.45) is 0. The molecule has 2 nitrogen and oxygen atoms in total. The van der Waals surface area contributed by atoms with Gasteiger partial charge in [0.1, 0.15) is 10.5 Å². The number of hydrogen-bond acceptors (Lipinski definition) is 3. The Morgan fingerprint density at radius 1 is 1.19 bits per heavy atom. The number of cyclic esters (lactones) is 1. The first kappa shape index (κ1) is 11.3. The number of rotatable bonds is 2. The fourth-order valence-electron chi connectivity index (χ4n) is 1.51. The molecule has 84 valence electrons. The van der Waals surface area contributed by atoms with Crippen LogP contribution in [-0.4, -0.2) is 11.6 Å². The molecule has 0 aromatic heterocycles. The maximum atomic E-state index is 11.7. The van der Waals surface area contributed by atoms with Gasteiger partial charge in [-0.3, -0.25) is 0 Å². The molecule has 1 aliphatic rings. The van der Waals surface area contributed by atoms with Crippen LogP contribution in [0.4, 0.5) is 0 Å². The molecular formula is C13H14O2S. The third-order valence-electron chi connectivity index (χ3n) is 2.74. The van der Waals surface area contributed by atoms with Crippen LogP contribution in [0.1, 0.15) is 20.8 Å². The first-order chi connectivity index (χ1) is 7.50. The Labute approximate surface area is 99.7 Å². The van der Waals surface area contributed by atoms with Gasteiger partial charge in [-0.05, 0) is 38.5 Å². The van der Waals surface area contributed by atoms with Crippen molar-refractivity contribution in [2.45, 2.75) is 31.3 Å². The van der Waals surface area contributed by atoms with Crippen LogP contribution in [0.5, 0.6) is 0 Å². The average Bonchev–Trinajstić information content (AvgIpc) is 2.42. The summed E-state index contributed by atoms with van der Waals surface area (Å²) < 4.78 is 5.31. The molecule has 0 unspecified atom stereocenters. The zero-order chi connectivity index (χ0) is 11.8. The Morgan fingerprint density at radius 2 is 1.81 bits per heavy atom. The van der Waals surface area contributed by atoms with Crippen LogP contribution in [0, 0.1) is 0 Å². The highest BCUT2D eigenvalue weighted by molar-refractivity contribution is 8.04. The third kappa shape index (κ3) is 2.00. The van der Waals surface area contributed by atoms with E-state index < -0.39 is 5.60 Å². The molecule has 0 amide bonds. The summed E-state index contributed by atoms with van der Waals surface area (Å²) in [6, 6.07) is 9.86. The van der Waals surface area contributed by atoms with E-state index in [1.807, 2.05) is 51.1 Å². The van der Waals surface area contributed by atoms with E-state index in [4.69, 9.17) is 4.74 Å². The summed E-state index contributed by atoms with van der Waals surface area (Å²) in [5.74, 6) is -0.212. The number of benzene rings is 1. The van der Waals surface area contributed by atoms with Gasteiger partial charge in [0.2, 0.25) is 0 Å². The molecule has 2 rings (SSSR count). The van der Waals surface area contributed by atoms with E-state index in [2.05, 4.69) is 0 Å². The van der Waals surface area contributed by atoms with Gasteiger partial charge in [-0.1, -0.05) is 30.0 Å². The fourth-order valence-corrected chi connectivity index (χ4v) is 2.56. The Hall–Kier alpha value is -1.22. The van der Waals surface area contributed by atoms with Crippen LogP contribution in [0.2, 0.25) is 0 Å². The largest absolute Gasteiger partial charge is 0.451 e. The summed E-state index contributed by atoms with van der Waals surface area (Å²) in [5.41, 5.74) is 0.542. The highest BCUT2D eigenvalue weighted by Gasteiger charge is 2.37. The van der Waals surface area contributed by atoms with Crippen molar-refractivity contribution in [2.75, 3.05) is 0 Å². The highest BCUT2D eigenvalue weighted by atomic mass is 32.2. The molecule has 0 saturated heterocycles. The molecule has 0 aliphatic carbocycles. The van der Waals surface area contributed by atoms with Crippen molar-refractivity contribution < 1.29 is 9.53 Å². The van der Waals surface area contributed by atoms with Gasteiger partial charge in [-0.25, -0.2) is 4.79 Å². The lowest BCUT2D eigenvalue weighted by Gasteiger charge is -2.17. The van der Waals surface area contributed by atoms with Crippen molar-refractivity contribution in [1.82, 2.24) is 0 Å². The minimum absolute atomic E-state index is 0.212. The van der Waals surface area contributed by atoms with E-state index in [1.54, 1.807) is 0 Å². The molecule has 0 saturated carbocycles. The van der Waals surface area contributed by atoms with Crippen molar-refractivity contribution in [3.63, 3.8) is 0 Å². The van der Waals surface area contributed by atoms with Crippen LogP contribution in [0.15, 0.2) is 45.7 Å². The Morgan fingerprint density at radius 3 is 2.31 bits per heavy atom. The predicted molar refractivity (Wildman–Crippen MR) is 65.2 cm³/mol. The minimum atomic E-state index is -0.464. The van der Waals surface area contributed by atoms with E-state index in [0.29, 0.717) is 0 Å². The van der Waals surface area contributed by atoms with Crippen molar-refractivity contribution in [3.05, 3.63) is 40.8 Å². The molecule has 1 aromatic carbocycles. The lowest BCUT2D eigenvalue weighted by atomic mass is 10.0. The highest BCUT2D eigenvalue weighted by Crippen LogP contribution is 2.40. The molecule has 3 heteroatoms. The van der Waals surface area contributed by atoms with E-state index in [9.17, 15) is 4.79 Å². The molecule has 0 radical (unpaired) electrons. The van der Waals surface area contributed by atoms with E-state index in [0.717, 1.165) is 15.4 Å². The minimum Gasteiger partial charge on any atom is -0.451 e. The van der Waals surface area contributed by atoms with Gasteiger partial charge in [0.15, 0.2) is 0 Å². The predicted octanol–water partition coefficient (Wildman–Crippen LogP) is 3.39. The molecule has 16 heavy (non-hydrogen) atoms. The van der Waals surface area contributed by atoms with Gasteiger partial charge >= 0.3 is 5.97 Å². The SMILES string of the molecule is CC1=C(Sc2ccccc2)C(=O)OC1(C)C. The second-order valence-corrected chi connectivity index (χ2v) is 5.35. The number of carbonyl (C=O) groups is 1. The molecule has 0 N–H and O–H groups in total. The lowest BCUT2D eigenvalue weighted by Crippen LogP contribution is -2.21. The van der Waals surface area contributed by atoms with Crippen LogP contribution in [-0.2, 0) is 9.53 Å². The van der Waals surface area contributed by atoms with Gasteiger partial charge in [0.25, 0.3) is 0 Å². The third-order valence-corrected chi connectivity index (χ3v) is 3.92. The summed E-state index contributed by atoms with van der Waals surface area (Å²) in [7, 11) is 0. The summed E-state index contributed by atoms with van der Waals surface area (Å²) >= 11 is 1.47. The number of carbonyl (C=O) groups excluding carboxylic acids is 1. The second-order valence-electron chi connectivity index (χ2n) is 4.27.